The molecule has 3 heterocycles. The Bertz CT molecular complexity index is 514. The molecule has 0 amide bonds. The van der Waals surface area contributed by atoms with Gasteiger partial charge in [-0.3, -0.25) is 9.30 Å². The summed E-state index contributed by atoms with van der Waals surface area (Å²) >= 11 is 0. The Morgan fingerprint density at radius 3 is 2.94 bits per heavy atom. The van der Waals surface area contributed by atoms with Crippen molar-refractivity contribution in [1.82, 2.24) is 29.8 Å². The first-order chi connectivity index (χ1) is 8.33. The van der Waals surface area contributed by atoms with E-state index in [-0.39, 0.29) is 0 Å². The van der Waals surface area contributed by atoms with Gasteiger partial charge in [0.2, 0.25) is 0 Å². The third kappa shape index (κ3) is 2.13. The van der Waals surface area contributed by atoms with Gasteiger partial charge < -0.3 is 5.32 Å². The van der Waals surface area contributed by atoms with Crippen LogP contribution in [0.15, 0.2) is 12.4 Å². The molecule has 0 saturated carbocycles. The Balaban J connectivity index is 1.84. The first kappa shape index (κ1) is 10.6. The van der Waals surface area contributed by atoms with Crippen LogP contribution in [0.2, 0.25) is 0 Å². The molecule has 6 nitrogen and oxygen atoms in total. The summed E-state index contributed by atoms with van der Waals surface area (Å²) < 4.78 is 1.97. The Hall–Kier alpha value is -1.53. The van der Waals surface area contributed by atoms with Crippen molar-refractivity contribution in [2.24, 2.45) is 0 Å². The van der Waals surface area contributed by atoms with E-state index in [9.17, 15) is 0 Å². The van der Waals surface area contributed by atoms with Gasteiger partial charge in [-0.05, 0) is 6.92 Å². The van der Waals surface area contributed by atoms with Crippen LogP contribution in [0.4, 0.5) is 0 Å². The molecule has 0 spiro atoms. The molecule has 1 aliphatic heterocycles. The molecule has 1 saturated heterocycles. The molecular weight excluding hydrogens is 216 g/mol. The van der Waals surface area contributed by atoms with E-state index in [4.69, 9.17) is 0 Å². The van der Waals surface area contributed by atoms with Gasteiger partial charge in [0.15, 0.2) is 11.5 Å². The lowest BCUT2D eigenvalue weighted by Gasteiger charge is -2.26. The number of hydrogen-bond donors (Lipinski definition) is 1. The summed E-state index contributed by atoms with van der Waals surface area (Å²) in [5.41, 5.74) is 1.85. The average molecular weight is 232 g/mol. The fourth-order valence-electron chi connectivity index (χ4n) is 2.11. The van der Waals surface area contributed by atoms with E-state index in [0.717, 1.165) is 49.9 Å². The topological polar surface area (TPSA) is 58.4 Å². The molecule has 6 heteroatoms. The van der Waals surface area contributed by atoms with Crippen molar-refractivity contribution in [2.45, 2.75) is 13.5 Å². The van der Waals surface area contributed by atoms with Gasteiger partial charge in [-0.1, -0.05) is 0 Å². The third-order valence-electron chi connectivity index (χ3n) is 3.08. The highest BCUT2D eigenvalue weighted by atomic mass is 15.3. The standard InChI is InChI=1S/C11H16N6/c1-9-6-10-14-15-11(17(10)8-13-9)7-16-4-2-12-3-5-16/h6,8,12H,2-5,7H2,1H3. The molecule has 0 atom stereocenters. The third-order valence-corrected chi connectivity index (χ3v) is 3.08. The second kappa shape index (κ2) is 4.38. The smallest absolute Gasteiger partial charge is 0.163 e. The summed E-state index contributed by atoms with van der Waals surface area (Å²) in [5, 5.41) is 11.8. The molecule has 0 aromatic carbocycles. The molecule has 0 unspecified atom stereocenters. The van der Waals surface area contributed by atoms with E-state index in [1.807, 2.05) is 23.7 Å². The Labute approximate surface area is 99.7 Å². The van der Waals surface area contributed by atoms with E-state index >= 15 is 0 Å². The summed E-state index contributed by atoms with van der Waals surface area (Å²) in [5.74, 6) is 0.967. The number of aromatic nitrogens is 4. The second-order valence-corrected chi connectivity index (χ2v) is 4.40. The first-order valence-corrected chi connectivity index (χ1v) is 5.92. The van der Waals surface area contributed by atoms with E-state index < -0.39 is 0 Å². The predicted octanol–water partition coefficient (Wildman–Crippen LogP) is -0.162. The van der Waals surface area contributed by atoms with E-state index in [1.165, 1.54) is 0 Å². The number of piperazine rings is 1. The fraction of sp³-hybridized carbons (Fsp3) is 0.545. The summed E-state index contributed by atoms with van der Waals surface area (Å²) in [6.45, 7) is 7.03. The molecule has 0 bridgehead atoms. The van der Waals surface area contributed by atoms with Gasteiger partial charge in [0.1, 0.15) is 6.33 Å². The van der Waals surface area contributed by atoms with Crippen LogP contribution in [0.1, 0.15) is 11.5 Å². The van der Waals surface area contributed by atoms with Gasteiger partial charge in [0.05, 0.1) is 6.54 Å². The predicted molar refractivity (Wildman–Crippen MR) is 63.7 cm³/mol. The molecular formula is C11H16N6. The van der Waals surface area contributed by atoms with Crippen molar-refractivity contribution in [3.8, 4) is 0 Å². The zero-order valence-electron chi connectivity index (χ0n) is 9.93. The van der Waals surface area contributed by atoms with Gasteiger partial charge in [-0.25, -0.2) is 4.98 Å². The van der Waals surface area contributed by atoms with Crippen molar-refractivity contribution in [3.63, 3.8) is 0 Å². The zero-order valence-corrected chi connectivity index (χ0v) is 9.93. The highest BCUT2D eigenvalue weighted by molar-refractivity contribution is 5.37. The van der Waals surface area contributed by atoms with Gasteiger partial charge in [0, 0.05) is 37.9 Å². The quantitative estimate of drug-likeness (QED) is 0.779. The lowest BCUT2D eigenvalue weighted by atomic mass is 10.3. The van der Waals surface area contributed by atoms with Crippen LogP contribution in [-0.4, -0.2) is 50.7 Å². The summed E-state index contributed by atoms with van der Waals surface area (Å²) in [6.07, 6.45) is 1.81. The van der Waals surface area contributed by atoms with Crippen LogP contribution < -0.4 is 5.32 Å². The Kier molecular flexibility index (Phi) is 2.74. The summed E-state index contributed by atoms with van der Waals surface area (Å²) in [4.78, 5) is 6.67. The number of aryl methyl sites for hydroxylation is 1. The van der Waals surface area contributed by atoms with Gasteiger partial charge in [-0.15, -0.1) is 10.2 Å². The van der Waals surface area contributed by atoms with E-state index in [1.54, 1.807) is 0 Å². The van der Waals surface area contributed by atoms with Gasteiger partial charge in [-0.2, -0.15) is 0 Å². The SMILES string of the molecule is Cc1cc2nnc(CN3CCNCC3)n2cn1. The molecule has 3 rings (SSSR count). The van der Waals surface area contributed by atoms with Crippen LogP contribution in [-0.2, 0) is 6.54 Å². The maximum absolute atomic E-state index is 4.29. The molecule has 2 aromatic heterocycles. The summed E-state index contributed by atoms with van der Waals surface area (Å²) in [7, 11) is 0. The van der Waals surface area contributed by atoms with Crippen molar-refractivity contribution in [3.05, 3.63) is 23.9 Å². The lowest BCUT2D eigenvalue weighted by molar-refractivity contribution is 0.227. The highest BCUT2D eigenvalue weighted by Gasteiger charge is 2.13. The lowest BCUT2D eigenvalue weighted by Crippen LogP contribution is -2.43. The van der Waals surface area contributed by atoms with Crippen LogP contribution in [0.25, 0.3) is 5.65 Å². The molecule has 17 heavy (non-hydrogen) atoms. The minimum Gasteiger partial charge on any atom is -0.314 e. The number of rotatable bonds is 2. The van der Waals surface area contributed by atoms with Crippen molar-refractivity contribution >= 4 is 5.65 Å². The zero-order chi connectivity index (χ0) is 11.7. The Morgan fingerprint density at radius 2 is 2.12 bits per heavy atom. The van der Waals surface area contributed by atoms with E-state index in [2.05, 4.69) is 25.4 Å². The molecule has 1 aliphatic rings. The minimum atomic E-state index is 0.841. The van der Waals surface area contributed by atoms with Crippen LogP contribution in [0.5, 0.6) is 0 Å². The number of nitrogens with zero attached hydrogens (tertiary/aromatic N) is 5. The van der Waals surface area contributed by atoms with Crippen molar-refractivity contribution in [1.29, 1.82) is 0 Å². The van der Waals surface area contributed by atoms with Crippen molar-refractivity contribution in [2.75, 3.05) is 26.2 Å². The highest BCUT2D eigenvalue weighted by Crippen LogP contribution is 2.07. The number of nitrogens with one attached hydrogen (secondary N) is 1. The summed E-state index contributed by atoms with van der Waals surface area (Å²) in [6, 6.07) is 1.95. The number of hydrogen-bond acceptors (Lipinski definition) is 5. The van der Waals surface area contributed by atoms with E-state index in [0.29, 0.717) is 0 Å². The van der Waals surface area contributed by atoms with Crippen LogP contribution >= 0.6 is 0 Å². The molecule has 1 fully saturated rings. The Morgan fingerprint density at radius 1 is 1.29 bits per heavy atom. The molecule has 1 N–H and O–H groups in total. The average Bonchev–Trinajstić information content (AvgIpc) is 2.73. The second-order valence-electron chi connectivity index (χ2n) is 4.40. The first-order valence-electron chi connectivity index (χ1n) is 5.92. The van der Waals surface area contributed by atoms with Gasteiger partial charge >= 0.3 is 0 Å². The monoisotopic (exact) mass is 232 g/mol. The molecule has 2 aromatic rings. The van der Waals surface area contributed by atoms with Gasteiger partial charge in [0.25, 0.3) is 0 Å². The molecule has 90 valence electrons. The fourth-order valence-corrected chi connectivity index (χ4v) is 2.11. The molecule has 0 aliphatic carbocycles. The largest absolute Gasteiger partial charge is 0.314 e. The maximum atomic E-state index is 4.29. The van der Waals surface area contributed by atoms with Crippen LogP contribution in [0.3, 0.4) is 0 Å². The normalized spacial score (nSPS) is 17.7. The maximum Gasteiger partial charge on any atom is 0.163 e. The van der Waals surface area contributed by atoms with Crippen LogP contribution in [0, 0.1) is 6.92 Å². The number of fused-ring (bicyclic) bond motifs is 1. The molecule has 0 radical (unpaired) electrons. The van der Waals surface area contributed by atoms with Crippen molar-refractivity contribution < 1.29 is 0 Å². The minimum absolute atomic E-state index is 0.841.